The fraction of sp³-hybridized carbons (Fsp3) is 0.857. The highest BCUT2D eigenvalue weighted by atomic mass is 16.4. The maximum absolute atomic E-state index is 12.6. The quantitative estimate of drug-likeness (QED) is 0.835. The van der Waals surface area contributed by atoms with E-state index >= 15 is 0 Å². The van der Waals surface area contributed by atoms with Crippen LogP contribution in [0.3, 0.4) is 0 Å². The first-order valence-corrected chi connectivity index (χ1v) is 7.34. The van der Waals surface area contributed by atoms with Gasteiger partial charge in [-0.3, -0.25) is 4.79 Å². The SMILES string of the molecule is CCC1CCC(C)N1C(=O)N1CCC(C(=O)O)CC1. The van der Waals surface area contributed by atoms with E-state index in [1.54, 1.807) is 0 Å². The molecule has 5 heteroatoms. The van der Waals surface area contributed by atoms with Crippen LogP contribution in [0.25, 0.3) is 0 Å². The third kappa shape index (κ3) is 2.85. The molecule has 5 nitrogen and oxygen atoms in total. The van der Waals surface area contributed by atoms with Crippen molar-refractivity contribution in [3.63, 3.8) is 0 Å². The summed E-state index contributed by atoms with van der Waals surface area (Å²) in [5.41, 5.74) is 0. The van der Waals surface area contributed by atoms with Crippen molar-refractivity contribution < 1.29 is 14.7 Å². The third-order valence-corrected chi connectivity index (χ3v) is 4.59. The first kappa shape index (κ1) is 14.2. The van der Waals surface area contributed by atoms with E-state index in [0.717, 1.165) is 19.3 Å². The molecule has 0 aromatic carbocycles. The minimum Gasteiger partial charge on any atom is -0.481 e. The van der Waals surface area contributed by atoms with Gasteiger partial charge in [-0.1, -0.05) is 6.92 Å². The predicted molar refractivity (Wildman–Crippen MR) is 71.9 cm³/mol. The molecule has 0 saturated carbocycles. The molecule has 2 atom stereocenters. The summed E-state index contributed by atoms with van der Waals surface area (Å²) in [7, 11) is 0. The summed E-state index contributed by atoms with van der Waals surface area (Å²) >= 11 is 0. The Morgan fingerprint density at radius 1 is 1.16 bits per heavy atom. The van der Waals surface area contributed by atoms with E-state index in [9.17, 15) is 9.59 Å². The number of hydrogen-bond acceptors (Lipinski definition) is 2. The third-order valence-electron chi connectivity index (χ3n) is 4.59. The number of carboxylic acid groups (broad SMARTS) is 1. The zero-order valence-corrected chi connectivity index (χ0v) is 11.8. The van der Waals surface area contributed by atoms with Crippen LogP contribution < -0.4 is 0 Å². The lowest BCUT2D eigenvalue weighted by Crippen LogP contribution is -2.51. The summed E-state index contributed by atoms with van der Waals surface area (Å²) in [5.74, 6) is -1.00. The summed E-state index contributed by atoms with van der Waals surface area (Å²) in [6.45, 7) is 5.39. The molecule has 0 radical (unpaired) electrons. The lowest BCUT2D eigenvalue weighted by molar-refractivity contribution is -0.143. The Morgan fingerprint density at radius 3 is 2.32 bits per heavy atom. The van der Waals surface area contributed by atoms with Crippen LogP contribution in [-0.2, 0) is 4.79 Å². The van der Waals surface area contributed by atoms with Gasteiger partial charge in [-0.2, -0.15) is 0 Å². The number of carbonyl (C=O) groups excluding carboxylic acids is 1. The topological polar surface area (TPSA) is 60.9 Å². The normalized spacial score (nSPS) is 28.7. The van der Waals surface area contributed by atoms with Gasteiger partial charge < -0.3 is 14.9 Å². The fourth-order valence-electron chi connectivity index (χ4n) is 3.30. The molecular weight excluding hydrogens is 244 g/mol. The average Bonchev–Trinajstić information content (AvgIpc) is 2.79. The number of amides is 2. The van der Waals surface area contributed by atoms with Crippen molar-refractivity contribution in [2.75, 3.05) is 13.1 Å². The number of likely N-dealkylation sites (tertiary alicyclic amines) is 2. The maximum atomic E-state index is 12.6. The van der Waals surface area contributed by atoms with Gasteiger partial charge in [0.05, 0.1) is 5.92 Å². The molecule has 2 saturated heterocycles. The molecular formula is C14H24N2O3. The number of nitrogens with zero attached hydrogens (tertiary/aromatic N) is 2. The van der Waals surface area contributed by atoms with Crippen LogP contribution in [0.1, 0.15) is 46.0 Å². The molecule has 2 heterocycles. The molecule has 0 bridgehead atoms. The molecule has 2 aliphatic heterocycles. The Labute approximate surface area is 114 Å². The van der Waals surface area contributed by atoms with Crippen molar-refractivity contribution in [1.82, 2.24) is 9.80 Å². The van der Waals surface area contributed by atoms with Crippen molar-refractivity contribution in [2.24, 2.45) is 5.92 Å². The highest BCUT2D eigenvalue weighted by Gasteiger charge is 2.37. The van der Waals surface area contributed by atoms with Gasteiger partial charge in [0.25, 0.3) is 0 Å². The monoisotopic (exact) mass is 268 g/mol. The summed E-state index contributed by atoms with van der Waals surface area (Å²) in [6, 6.07) is 0.787. The summed E-state index contributed by atoms with van der Waals surface area (Å²) in [4.78, 5) is 27.3. The van der Waals surface area contributed by atoms with Crippen LogP contribution in [0.4, 0.5) is 4.79 Å². The highest BCUT2D eigenvalue weighted by Crippen LogP contribution is 2.28. The molecule has 0 aromatic rings. The van der Waals surface area contributed by atoms with Crippen molar-refractivity contribution >= 4 is 12.0 Å². The fourth-order valence-corrected chi connectivity index (χ4v) is 3.30. The van der Waals surface area contributed by atoms with Gasteiger partial charge >= 0.3 is 12.0 Å². The van der Waals surface area contributed by atoms with Gasteiger partial charge in [-0.05, 0) is 39.0 Å². The Kier molecular flexibility index (Phi) is 4.32. The van der Waals surface area contributed by atoms with Gasteiger partial charge in [0.15, 0.2) is 0 Å². The molecule has 0 spiro atoms. The number of aliphatic carboxylic acids is 1. The zero-order chi connectivity index (χ0) is 14.0. The highest BCUT2D eigenvalue weighted by molar-refractivity contribution is 5.76. The minimum atomic E-state index is -0.729. The minimum absolute atomic E-state index is 0.112. The van der Waals surface area contributed by atoms with E-state index in [1.165, 1.54) is 0 Å². The second-order valence-corrected chi connectivity index (χ2v) is 5.78. The molecule has 2 amide bonds. The van der Waals surface area contributed by atoms with Crippen LogP contribution >= 0.6 is 0 Å². The van der Waals surface area contributed by atoms with E-state index < -0.39 is 5.97 Å². The van der Waals surface area contributed by atoms with Crippen molar-refractivity contribution in [3.8, 4) is 0 Å². The lowest BCUT2D eigenvalue weighted by atomic mass is 9.97. The van der Waals surface area contributed by atoms with Gasteiger partial charge in [-0.25, -0.2) is 4.79 Å². The van der Waals surface area contributed by atoms with Crippen LogP contribution in [0.2, 0.25) is 0 Å². The number of hydrogen-bond donors (Lipinski definition) is 1. The number of piperidine rings is 1. The molecule has 2 unspecified atom stereocenters. The Bertz CT molecular complexity index is 351. The predicted octanol–water partition coefficient (Wildman–Crippen LogP) is 2.17. The maximum Gasteiger partial charge on any atom is 0.320 e. The molecule has 0 aliphatic carbocycles. The Morgan fingerprint density at radius 2 is 1.79 bits per heavy atom. The van der Waals surface area contributed by atoms with E-state index in [4.69, 9.17) is 5.11 Å². The second-order valence-electron chi connectivity index (χ2n) is 5.78. The van der Waals surface area contributed by atoms with Crippen molar-refractivity contribution in [3.05, 3.63) is 0 Å². The summed E-state index contributed by atoms with van der Waals surface area (Å²) in [5, 5.41) is 8.98. The molecule has 0 aromatic heterocycles. The van der Waals surface area contributed by atoms with Crippen LogP contribution in [0.5, 0.6) is 0 Å². The average molecular weight is 268 g/mol. The summed E-state index contributed by atoms with van der Waals surface area (Å²) in [6.07, 6.45) is 4.34. The first-order valence-electron chi connectivity index (χ1n) is 7.34. The van der Waals surface area contributed by atoms with E-state index in [-0.39, 0.29) is 11.9 Å². The van der Waals surface area contributed by atoms with Gasteiger partial charge in [0.1, 0.15) is 0 Å². The standard InChI is InChI=1S/C14H24N2O3/c1-3-12-5-4-10(2)16(12)14(19)15-8-6-11(7-9-15)13(17)18/h10-12H,3-9H2,1-2H3,(H,17,18). The number of carbonyl (C=O) groups is 2. The van der Waals surface area contributed by atoms with Crippen LogP contribution in [0, 0.1) is 5.92 Å². The smallest absolute Gasteiger partial charge is 0.320 e. The molecule has 108 valence electrons. The number of urea groups is 1. The molecule has 2 fully saturated rings. The van der Waals surface area contributed by atoms with Gasteiger partial charge in [-0.15, -0.1) is 0 Å². The van der Waals surface area contributed by atoms with Gasteiger partial charge in [0.2, 0.25) is 0 Å². The number of carboxylic acids is 1. The van der Waals surface area contributed by atoms with Crippen molar-refractivity contribution in [2.45, 2.75) is 58.0 Å². The second kappa shape index (κ2) is 5.80. The molecule has 2 rings (SSSR count). The summed E-state index contributed by atoms with van der Waals surface area (Å²) < 4.78 is 0. The largest absolute Gasteiger partial charge is 0.481 e. The van der Waals surface area contributed by atoms with E-state index in [1.807, 2.05) is 9.80 Å². The first-order chi connectivity index (χ1) is 9.04. The Hall–Kier alpha value is -1.26. The lowest BCUT2D eigenvalue weighted by Gasteiger charge is -2.37. The van der Waals surface area contributed by atoms with Crippen molar-refractivity contribution in [1.29, 1.82) is 0 Å². The molecule has 2 aliphatic rings. The molecule has 19 heavy (non-hydrogen) atoms. The van der Waals surface area contributed by atoms with Gasteiger partial charge in [0, 0.05) is 25.2 Å². The van der Waals surface area contributed by atoms with Crippen LogP contribution in [-0.4, -0.2) is 52.1 Å². The van der Waals surface area contributed by atoms with E-state index in [2.05, 4.69) is 13.8 Å². The van der Waals surface area contributed by atoms with E-state index in [0.29, 0.717) is 38.0 Å². The number of rotatable bonds is 2. The molecule has 1 N–H and O–H groups in total. The zero-order valence-electron chi connectivity index (χ0n) is 11.8. The van der Waals surface area contributed by atoms with Crippen LogP contribution in [0.15, 0.2) is 0 Å². The Balaban J connectivity index is 1.95.